The molecule has 200 valence electrons. The van der Waals surface area contributed by atoms with Crippen LogP contribution in [-0.4, -0.2) is 40.6 Å². The molecule has 0 rings (SSSR count). The van der Waals surface area contributed by atoms with Crippen molar-refractivity contribution < 1.29 is 8.85 Å². The average molecular weight is 519 g/mol. The number of hydrogen-bond donors (Lipinski definition) is 0. The lowest BCUT2D eigenvalue weighted by Crippen LogP contribution is -2.53. The topological polar surface area (TPSA) is 18.5 Å². The minimum Gasteiger partial charge on any atom is -0.419 e. The predicted molar refractivity (Wildman–Crippen MR) is 159 cm³/mol. The highest BCUT2D eigenvalue weighted by molar-refractivity contribution is 8.03. The van der Waals surface area contributed by atoms with E-state index in [0.29, 0.717) is 0 Å². The van der Waals surface area contributed by atoms with Crippen LogP contribution in [0.3, 0.4) is 0 Å². The zero-order valence-electron chi connectivity index (χ0n) is 24.1. The maximum atomic E-state index is 6.71. The molecule has 0 amide bonds. The molecule has 5 heteroatoms. The van der Waals surface area contributed by atoms with E-state index in [1.54, 1.807) is 0 Å². The molecule has 0 saturated heterocycles. The van der Waals surface area contributed by atoms with E-state index >= 15 is 0 Å². The third-order valence-electron chi connectivity index (χ3n) is 7.77. The van der Waals surface area contributed by atoms with E-state index < -0.39 is 16.6 Å². The van der Waals surface area contributed by atoms with Crippen LogP contribution in [0.4, 0.5) is 0 Å². The number of unbranched alkanes of at least 4 members (excludes halogenated alkanes) is 6. The second-order valence-corrected chi connectivity index (χ2v) is 21.1. The van der Waals surface area contributed by atoms with Crippen molar-refractivity contribution in [2.24, 2.45) is 0 Å². The third-order valence-corrected chi connectivity index (χ3v) is 21.6. The van der Waals surface area contributed by atoms with Crippen LogP contribution in [0.25, 0.3) is 0 Å². The second kappa shape index (κ2) is 20.9. The Morgan fingerprint density at radius 2 is 0.758 bits per heavy atom. The van der Waals surface area contributed by atoms with Gasteiger partial charge in [0.05, 0.1) is 0 Å². The molecular weight excluding hydrogens is 457 g/mol. The molecular formula is C28H62O2SSi2. The Morgan fingerprint density at radius 1 is 0.485 bits per heavy atom. The molecule has 0 spiro atoms. The van der Waals surface area contributed by atoms with Crippen LogP contribution in [0.2, 0.25) is 24.2 Å². The fraction of sp³-hybridized carbons (Fsp3) is 1.00. The molecule has 0 aromatic heterocycles. The van der Waals surface area contributed by atoms with Gasteiger partial charge in [0.2, 0.25) is 16.6 Å². The first kappa shape index (κ1) is 33.7. The van der Waals surface area contributed by atoms with Gasteiger partial charge in [0.25, 0.3) is 0 Å². The number of rotatable bonds is 24. The van der Waals surface area contributed by atoms with Gasteiger partial charge < -0.3 is 8.85 Å². The maximum absolute atomic E-state index is 6.71. The van der Waals surface area contributed by atoms with Crippen LogP contribution in [-0.2, 0) is 8.85 Å². The lowest BCUT2D eigenvalue weighted by molar-refractivity contribution is 0.376. The van der Waals surface area contributed by atoms with Gasteiger partial charge in [-0.15, -0.1) is 0 Å². The summed E-state index contributed by atoms with van der Waals surface area (Å²) in [5, 5.41) is 0. The molecule has 0 aliphatic rings. The van der Waals surface area contributed by atoms with Crippen LogP contribution in [0.1, 0.15) is 131 Å². The zero-order chi connectivity index (χ0) is 25.0. The second-order valence-electron chi connectivity index (χ2n) is 10.3. The molecule has 2 atom stereocenters. The van der Waals surface area contributed by atoms with Crippen molar-refractivity contribution in [3.8, 4) is 0 Å². The minimum absolute atomic E-state index is 0.729. The van der Waals surface area contributed by atoms with Gasteiger partial charge in [-0.2, -0.15) is 11.8 Å². The molecule has 0 saturated carbocycles. The van der Waals surface area contributed by atoms with Crippen molar-refractivity contribution in [2.45, 2.75) is 165 Å². The molecule has 0 N–H and O–H groups in total. The zero-order valence-corrected chi connectivity index (χ0v) is 26.9. The van der Waals surface area contributed by atoms with E-state index in [4.69, 9.17) is 8.85 Å². The van der Waals surface area contributed by atoms with Crippen molar-refractivity contribution >= 4 is 28.4 Å². The predicted octanol–water partition coefficient (Wildman–Crippen LogP) is 10.3. The van der Waals surface area contributed by atoms with E-state index in [0.717, 1.165) is 9.75 Å². The molecule has 0 heterocycles. The van der Waals surface area contributed by atoms with E-state index in [-0.39, 0.29) is 0 Å². The Hall–Kier alpha value is 0.704. The standard InChI is InChI=1S/C28H62O2SSi2/c1-9-15-21-27(32(29-7,23-17-11-3)24-18-12-4)31-28(22-16-10-2)33(30-8,25-19-13-5)26-20-14-6/h27-28H,9-26H2,1-8H3. The molecule has 0 fully saturated rings. The van der Waals surface area contributed by atoms with Gasteiger partial charge in [0, 0.05) is 24.0 Å². The normalized spacial score (nSPS) is 14.5. The summed E-state index contributed by atoms with van der Waals surface area (Å²) in [5.74, 6) is 0. The number of thioether (sulfide) groups is 1. The Morgan fingerprint density at radius 3 is 0.970 bits per heavy atom. The van der Waals surface area contributed by atoms with Crippen molar-refractivity contribution in [3.05, 3.63) is 0 Å². The van der Waals surface area contributed by atoms with Gasteiger partial charge in [0.1, 0.15) is 0 Å². The van der Waals surface area contributed by atoms with Crippen LogP contribution in [0, 0.1) is 0 Å². The molecule has 0 radical (unpaired) electrons. The summed E-state index contributed by atoms with van der Waals surface area (Å²) in [6, 6.07) is 5.42. The lowest BCUT2D eigenvalue weighted by atomic mass is 10.3. The molecule has 0 aliphatic heterocycles. The number of hydrogen-bond acceptors (Lipinski definition) is 3. The summed E-state index contributed by atoms with van der Waals surface area (Å²) in [7, 11) is 0.544. The monoisotopic (exact) mass is 518 g/mol. The van der Waals surface area contributed by atoms with E-state index in [2.05, 4.69) is 67.5 Å². The summed E-state index contributed by atoms with van der Waals surface area (Å²) in [6.45, 7) is 14.1. The fourth-order valence-corrected chi connectivity index (χ4v) is 20.1. The Balaban J connectivity index is 6.21. The maximum Gasteiger partial charge on any atom is 0.205 e. The summed E-state index contributed by atoms with van der Waals surface area (Å²) >= 11 is 2.41. The Bertz CT molecular complexity index is 382. The molecule has 0 aliphatic carbocycles. The highest BCUT2D eigenvalue weighted by atomic mass is 32.2. The summed E-state index contributed by atoms with van der Waals surface area (Å²) < 4.78 is 13.4. The van der Waals surface area contributed by atoms with Crippen molar-refractivity contribution in [3.63, 3.8) is 0 Å². The summed E-state index contributed by atoms with van der Waals surface area (Å²) in [5.41, 5.74) is 0. The Kier molecular flexibility index (Phi) is 21.3. The van der Waals surface area contributed by atoms with E-state index in [1.165, 1.54) is 114 Å². The summed E-state index contributed by atoms with van der Waals surface area (Å²) in [4.78, 5) is 1.46. The van der Waals surface area contributed by atoms with Gasteiger partial charge in [-0.25, -0.2) is 0 Å². The van der Waals surface area contributed by atoms with Gasteiger partial charge >= 0.3 is 0 Å². The average Bonchev–Trinajstić information content (AvgIpc) is 2.85. The largest absolute Gasteiger partial charge is 0.419 e. The van der Waals surface area contributed by atoms with Crippen molar-refractivity contribution in [2.75, 3.05) is 14.2 Å². The molecule has 0 aromatic rings. The van der Waals surface area contributed by atoms with Gasteiger partial charge in [-0.05, 0) is 37.0 Å². The highest BCUT2D eigenvalue weighted by Crippen LogP contribution is 2.44. The Labute approximate surface area is 216 Å². The van der Waals surface area contributed by atoms with Crippen molar-refractivity contribution in [1.82, 2.24) is 0 Å². The SMILES string of the molecule is CCCCC(SC(CCCC)[Si](CCCC)(CCCC)OC)[Si](CCCC)(CCCC)OC. The van der Waals surface area contributed by atoms with Crippen LogP contribution < -0.4 is 0 Å². The molecule has 0 bridgehead atoms. The van der Waals surface area contributed by atoms with Gasteiger partial charge in [0.15, 0.2) is 0 Å². The lowest BCUT2D eigenvalue weighted by Gasteiger charge is -2.44. The first-order valence-corrected chi connectivity index (χ1v) is 20.5. The van der Waals surface area contributed by atoms with E-state index in [1.807, 2.05) is 0 Å². The molecule has 33 heavy (non-hydrogen) atoms. The fourth-order valence-electron chi connectivity index (χ4n) is 5.36. The highest BCUT2D eigenvalue weighted by Gasteiger charge is 2.48. The van der Waals surface area contributed by atoms with Gasteiger partial charge in [-0.1, -0.05) is 119 Å². The quantitative estimate of drug-likeness (QED) is 0.118. The smallest absolute Gasteiger partial charge is 0.205 e. The first-order chi connectivity index (χ1) is 16.0. The first-order valence-electron chi connectivity index (χ1n) is 14.7. The van der Waals surface area contributed by atoms with Crippen LogP contribution in [0.5, 0.6) is 0 Å². The summed E-state index contributed by atoms with van der Waals surface area (Å²) in [6.07, 6.45) is 18.5. The van der Waals surface area contributed by atoms with Crippen LogP contribution in [0.15, 0.2) is 0 Å². The molecule has 0 aromatic carbocycles. The van der Waals surface area contributed by atoms with Crippen LogP contribution >= 0.6 is 11.8 Å². The third kappa shape index (κ3) is 12.0. The van der Waals surface area contributed by atoms with Gasteiger partial charge in [-0.3, -0.25) is 0 Å². The molecule has 2 nitrogen and oxygen atoms in total. The molecule has 2 unspecified atom stereocenters. The van der Waals surface area contributed by atoms with E-state index in [9.17, 15) is 0 Å². The van der Waals surface area contributed by atoms with Crippen molar-refractivity contribution in [1.29, 1.82) is 0 Å². The minimum atomic E-state index is -1.80.